The van der Waals surface area contributed by atoms with E-state index >= 15 is 0 Å². The van der Waals surface area contributed by atoms with E-state index < -0.39 is 0 Å². The van der Waals surface area contributed by atoms with E-state index in [9.17, 15) is 6.85 Å². The van der Waals surface area contributed by atoms with Crippen LogP contribution in [0.25, 0.3) is 87.6 Å². The van der Waals surface area contributed by atoms with Crippen molar-refractivity contribution in [3.8, 4) is 44.5 Å². The Kier molecular flexibility index (Phi) is 4.76. The number of benzene rings is 9. The molecule has 46 heavy (non-hydrogen) atoms. The van der Waals surface area contributed by atoms with Gasteiger partial charge in [-0.1, -0.05) is 164 Å². The van der Waals surface area contributed by atoms with Crippen molar-refractivity contribution in [2.75, 3.05) is 0 Å². The molecule has 0 spiro atoms. The zero-order chi connectivity index (χ0) is 36.5. The van der Waals surface area contributed by atoms with Crippen molar-refractivity contribution in [2.45, 2.75) is 0 Å². The minimum Gasteiger partial charge on any atom is -0.0622 e. The van der Waals surface area contributed by atoms with E-state index in [0.29, 0.717) is 44.2 Å². The van der Waals surface area contributed by atoms with Gasteiger partial charge >= 0.3 is 0 Å². The van der Waals surface area contributed by atoms with Gasteiger partial charge in [-0.05, 0) is 106 Å². The van der Waals surface area contributed by atoms with Crippen LogP contribution in [0.2, 0.25) is 0 Å². The molecule has 9 rings (SSSR count). The second kappa shape index (κ2) is 10.9. The second-order valence-corrected chi connectivity index (χ2v) is 11.5. The summed E-state index contributed by atoms with van der Waals surface area (Å²) in [7, 11) is 0. The fraction of sp³-hybridized carbons (Fsp3) is 0. The maximum Gasteiger partial charge on any atom is 0.0636 e. The highest BCUT2D eigenvalue weighted by Gasteiger charge is 2.18. The molecule has 0 aliphatic heterocycles. The Labute approximate surface area is 278 Å². The molecule has 9 aromatic carbocycles. The van der Waals surface area contributed by atoms with E-state index in [1.807, 2.05) is 140 Å². The molecule has 0 aliphatic carbocycles. The molecule has 0 aromatic heterocycles. The third-order valence-electron chi connectivity index (χ3n) is 8.86. The van der Waals surface area contributed by atoms with Crippen molar-refractivity contribution in [1.29, 1.82) is 0 Å². The molecular weight excluding hydrogens is 553 g/mol. The predicted molar refractivity (Wildman–Crippen MR) is 198 cm³/mol. The van der Waals surface area contributed by atoms with Crippen LogP contribution in [0.3, 0.4) is 0 Å². The largest absolute Gasteiger partial charge is 0.0636 e. The van der Waals surface area contributed by atoms with E-state index in [1.165, 1.54) is 0 Å². The molecule has 0 nitrogen and oxygen atoms in total. The van der Waals surface area contributed by atoms with E-state index in [-0.39, 0.29) is 53.1 Å². The molecule has 9 aromatic rings. The standard InChI is InChI=1S/C46H30/c1-2-12-31(13-3-1)35-18-10-19-37(28-35)46-42-22-9-8-21-41(42)45(38-25-24-32-14-4-5-16-34(32)29-38)43-27-26-36(30-44(43)46)40-23-11-17-33-15-6-7-20-39(33)40/h1-30H/i8D,9D,21D,22D,26D,27D,30D. The first-order chi connectivity index (χ1) is 25.7. The third-order valence-corrected chi connectivity index (χ3v) is 8.86. The van der Waals surface area contributed by atoms with Crippen molar-refractivity contribution in [3.05, 3.63) is 182 Å². The van der Waals surface area contributed by atoms with Crippen LogP contribution in [0.4, 0.5) is 0 Å². The van der Waals surface area contributed by atoms with Gasteiger partial charge in [0.25, 0.3) is 0 Å². The van der Waals surface area contributed by atoms with Gasteiger partial charge in [0.15, 0.2) is 0 Å². The first-order valence-electron chi connectivity index (χ1n) is 18.9. The van der Waals surface area contributed by atoms with Crippen molar-refractivity contribution in [2.24, 2.45) is 0 Å². The van der Waals surface area contributed by atoms with Gasteiger partial charge < -0.3 is 0 Å². The van der Waals surface area contributed by atoms with E-state index in [2.05, 4.69) is 0 Å². The second-order valence-electron chi connectivity index (χ2n) is 11.5. The first-order valence-corrected chi connectivity index (χ1v) is 15.4. The van der Waals surface area contributed by atoms with Crippen LogP contribution in [0.15, 0.2) is 182 Å². The number of rotatable bonds is 4. The molecule has 0 saturated heterocycles. The van der Waals surface area contributed by atoms with Gasteiger partial charge in [-0.3, -0.25) is 0 Å². The summed E-state index contributed by atoms with van der Waals surface area (Å²) in [5.74, 6) is 0. The maximum absolute atomic E-state index is 10.1. The zero-order valence-corrected chi connectivity index (χ0v) is 24.8. The Hall–Kier alpha value is -5.98. The van der Waals surface area contributed by atoms with Gasteiger partial charge in [0, 0.05) is 0 Å². The highest BCUT2D eigenvalue weighted by Crippen LogP contribution is 2.46. The summed E-state index contributed by atoms with van der Waals surface area (Å²) in [6.45, 7) is 0. The van der Waals surface area contributed by atoms with Crippen LogP contribution >= 0.6 is 0 Å². The summed E-state index contributed by atoms with van der Waals surface area (Å²) < 4.78 is 66.0. The number of fused-ring (bicyclic) bond motifs is 4. The van der Waals surface area contributed by atoms with Crippen molar-refractivity contribution in [3.63, 3.8) is 0 Å². The van der Waals surface area contributed by atoms with Crippen LogP contribution in [0.1, 0.15) is 9.60 Å². The molecule has 0 N–H and O–H groups in total. The molecule has 0 amide bonds. The molecule has 0 saturated carbocycles. The average molecular weight is 590 g/mol. The number of hydrogen-bond acceptors (Lipinski definition) is 0. The minimum atomic E-state index is -0.385. The van der Waals surface area contributed by atoms with E-state index in [0.717, 1.165) is 32.7 Å². The van der Waals surface area contributed by atoms with Gasteiger partial charge in [0.1, 0.15) is 0 Å². The first kappa shape index (κ1) is 20.1. The smallest absolute Gasteiger partial charge is 0.0622 e. The molecule has 0 heterocycles. The Balaban J connectivity index is 1.55. The van der Waals surface area contributed by atoms with Gasteiger partial charge in [-0.2, -0.15) is 0 Å². The highest BCUT2D eigenvalue weighted by atomic mass is 14.2. The van der Waals surface area contributed by atoms with Crippen molar-refractivity contribution >= 4 is 43.1 Å². The monoisotopic (exact) mass is 589 g/mol. The molecule has 0 bridgehead atoms. The van der Waals surface area contributed by atoms with E-state index in [1.54, 1.807) is 0 Å². The Morgan fingerprint density at radius 1 is 0.326 bits per heavy atom. The molecule has 0 unspecified atom stereocenters. The fourth-order valence-electron chi connectivity index (χ4n) is 6.70. The SMILES string of the molecule is [2H]c1c([2H])c([2H])c2c(-c3cccc(-c4ccccc4)c3)c3c([2H])c(-c4cccc5ccccc45)c([2H])c([2H])c3c(-c3ccc4ccccc4c3)c2c1[2H]. The summed E-state index contributed by atoms with van der Waals surface area (Å²) in [4.78, 5) is 0. The Morgan fingerprint density at radius 2 is 0.935 bits per heavy atom. The lowest BCUT2D eigenvalue weighted by atomic mass is 9.84. The normalized spacial score (nSPS) is 13.6. The predicted octanol–water partition coefficient (Wildman–Crippen LogP) is 13.0. The average Bonchev–Trinajstić information content (AvgIpc) is 3.20. The molecular formula is C46H30. The lowest BCUT2D eigenvalue weighted by Crippen LogP contribution is -1.92. The van der Waals surface area contributed by atoms with Crippen LogP contribution in [0, 0.1) is 0 Å². The van der Waals surface area contributed by atoms with Gasteiger partial charge in [0.2, 0.25) is 0 Å². The lowest BCUT2D eigenvalue weighted by molar-refractivity contribution is 1.61. The zero-order valence-electron chi connectivity index (χ0n) is 31.8. The van der Waals surface area contributed by atoms with Gasteiger partial charge in [-0.15, -0.1) is 0 Å². The van der Waals surface area contributed by atoms with Crippen LogP contribution in [-0.4, -0.2) is 0 Å². The summed E-state index contributed by atoms with van der Waals surface area (Å²) in [6, 6.07) is 43.5. The molecule has 0 aliphatic rings. The maximum atomic E-state index is 10.1. The summed E-state index contributed by atoms with van der Waals surface area (Å²) in [6.07, 6.45) is 0. The fourth-order valence-corrected chi connectivity index (χ4v) is 6.70. The molecule has 0 fully saturated rings. The number of hydrogen-bond donors (Lipinski definition) is 0. The van der Waals surface area contributed by atoms with E-state index in [4.69, 9.17) is 2.74 Å². The van der Waals surface area contributed by atoms with Crippen LogP contribution in [0.5, 0.6) is 0 Å². The topological polar surface area (TPSA) is 0 Å². The molecule has 0 atom stereocenters. The molecule has 0 heteroatoms. The Bertz CT molecular complexity index is 2960. The van der Waals surface area contributed by atoms with Crippen LogP contribution < -0.4 is 0 Å². The quantitative estimate of drug-likeness (QED) is 0.179. The molecule has 0 radical (unpaired) electrons. The van der Waals surface area contributed by atoms with Crippen molar-refractivity contribution in [1.82, 2.24) is 0 Å². The third kappa shape index (κ3) is 4.38. The minimum absolute atomic E-state index is 0.0221. The summed E-state index contributed by atoms with van der Waals surface area (Å²) in [5, 5.41) is 4.89. The molecule has 214 valence electrons. The van der Waals surface area contributed by atoms with Gasteiger partial charge in [0.05, 0.1) is 9.60 Å². The van der Waals surface area contributed by atoms with Crippen molar-refractivity contribution < 1.29 is 9.60 Å². The lowest BCUT2D eigenvalue weighted by Gasteiger charge is -2.20. The van der Waals surface area contributed by atoms with Crippen LogP contribution in [-0.2, 0) is 0 Å². The summed E-state index contributed by atoms with van der Waals surface area (Å²) in [5.41, 5.74) is 4.94. The Morgan fingerprint density at radius 3 is 1.78 bits per heavy atom. The van der Waals surface area contributed by atoms with Gasteiger partial charge in [-0.25, -0.2) is 0 Å². The highest BCUT2D eigenvalue weighted by molar-refractivity contribution is 6.22. The summed E-state index contributed by atoms with van der Waals surface area (Å²) >= 11 is 0.